The third-order valence-corrected chi connectivity index (χ3v) is 4.70. The van der Waals surface area contributed by atoms with Crippen molar-refractivity contribution in [2.75, 3.05) is 12.4 Å². The van der Waals surface area contributed by atoms with Crippen molar-refractivity contribution in [1.29, 1.82) is 0 Å². The molecule has 1 aliphatic carbocycles. The van der Waals surface area contributed by atoms with Crippen LogP contribution in [0.3, 0.4) is 0 Å². The normalized spacial score (nSPS) is 22.2. The van der Waals surface area contributed by atoms with Gasteiger partial charge in [0.15, 0.2) is 0 Å². The maximum atomic E-state index is 11.5. The Morgan fingerprint density at radius 3 is 2.65 bits per heavy atom. The number of aliphatic carboxylic acids is 1. The standard InChI is InChI=1S/C19H26N2O5/c1-12-7-14(11-19(2,3)10-12)20-15-9-17(26-4)13(5-6-18(22)23)8-16(15)21(24)25/h5-6,8-9,12,14,20H,7,10-11H2,1-4H3,(H,22,23)/b6-5+/t12-,14+/m0/s1. The first-order chi connectivity index (χ1) is 12.1. The lowest BCUT2D eigenvalue weighted by atomic mass is 9.70. The summed E-state index contributed by atoms with van der Waals surface area (Å²) in [4.78, 5) is 21.8. The fourth-order valence-electron chi connectivity index (χ4n) is 4.00. The molecule has 0 heterocycles. The Morgan fingerprint density at radius 1 is 1.42 bits per heavy atom. The van der Waals surface area contributed by atoms with Gasteiger partial charge in [-0.3, -0.25) is 10.1 Å². The molecule has 0 saturated heterocycles. The first-order valence-corrected chi connectivity index (χ1v) is 8.65. The number of nitrogens with zero attached hydrogens (tertiary/aromatic N) is 1. The molecule has 0 aromatic heterocycles. The quantitative estimate of drug-likeness (QED) is 0.444. The number of hydrogen-bond donors (Lipinski definition) is 2. The Labute approximate surface area is 153 Å². The highest BCUT2D eigenvalue weighted by Crippen LogP contribution is 2.41. The second-order valence-electron chi connectivity index (χ2n) is 7.79. The molecule has 1 saturated carbocycles. The van der Waals surface area contributed by atoms with Crippen LogP contribution in [0.1, 0.15) is 45.6 Å². The maximum Gasteiger partial charge on any atom is 0.328 e. The van der Waals surface area contributed by atoms with Crippen LogP contribution in [0, 0.1) is 21.4 Å². The number of anilines is 1. The van der Waals surface area contributed by atoms with E-state index in [2.05, 4.69) is 26.1 Å². The van der Waals surface area contributed by atoms with Crippen molar-refractivity contribution < 1.29 is 19.6 Å². The third kappa shape index (κ3) is 4.97. The number of nitro benzene ring substituents is 1. The molecule has 0 amide bonds. The molecule has 1 aromatic carbocycles. The summed E-state index contributed by atoms with van der Waals surface area (Å²) in [5.41, 5.74) is 0.837. The van der Waals surface area contributed by atoms with Gasteiger partial charge in [0, 0.05) is 29.8 Å². The number of carboxylic acids is 1. The van der Waals surface area contributed by atoms with E-state index in [1.807, 2.05) is 0 Å². The molecule has 7 heteroatoms. The Hall–Kier alpha value is -2.57. The number of carbonyl (C=O) groups is 1. The summed E-state index contributed by atoms with van der Waals surface area (Å²) < 4.78 is 5.30. The van der Waals surface area contributed by atoms with Crippen molar-refractivity contribution in [2.24, 2.45) is 11.3 Å². The minimum atomic E-state index is -1.13. The molecule has 0 radical (unpaired) electrons. The molecule has 0 spiro atoms. The van der Waals surface area contributed by atoms with Crippen molar-refractivity contribution in [3.63, 3.8) is 0 Å². The molecule has 1 fully saturated rings. The van der Waals surface area contributed by atoms with Gasteiger partial charge in [-0.05, 0) is 36.7 Å². The van der Waals surface area contributed by atoms with Crippen molar-refractivity contribution in [3.8, 4) is 5.75 Å². The summed E-state index contributed by atoms with van der Waals surface area (Å²) in [6, 6.07) is 3.06. The molecule has 2 atom stereocenters. The number of carboxylic acid groups (broad SMARTS) is 1. The Balaban J connectivity index is 2.38. The zero-order valence-corrected chi connectivity index (χ0v) is 15.6. The second kappa shape index (κ2) is 7.76. The molecule has 0 unspecified atom stereocenters. The predicted octanol–water partition coefficient (Wildman–Crippen LogP) is 4.33. The highest BCUT2D eigenvalue weighted by atomic mass is 16.6. The van der Waals surface area contributed by atoms with E-state index in [4.69, 9.17) is 9.84 Å². The van der Waals surface area contributed by atoms with Crippen molar-refractivity contribution >= 4 is 23.4 Å². The van der Waals surface area contributed by atoms with Crippen LogP contribution in [-0.2, 0) is 4.79 Å². The van der Waals surface area contributed by atoms with Crippen LogP contribution in [0.2, 0.25) is 0 Å². The number of ether oxygens (including phenoxy) is 1. The first-order valence-electron chi connectivity index (χ1n) is 8.65. The maximum absolute atomic E-state index is 11.5. The molecule has 142 valence electrons. The van der Waals surface area contributed by atoms with Gasteiger partial charge in [-0.25, -0.2) is 4.79 Å². The van der Waals surface area contributed by atoms with Crippen LogP contribution in [0.15, 0.2) is 18.2 Å². The van der Waals surface area contributed by atoms with E-state index in [-0.39, 0.29) is 17.1 Å². The summed E-state index contributed by atoms with van der Waals surface area (Å²) in [6.45, 7) is 6.63. The number of methoxy groups -OCH3 is 1. The van der Waals surface area contributed by atoms with Crippen LogP contribution in [-0.4, -0.2) is 29.2 Å². The van der Waals surface area contributed by atoms with Gasteiger partial charge in [-0.2, -0.15) is 0 Å². The van der Waals surface area contributed by atoms with Gasteiger partial charge in [0.2, 0.25) is 0 Å². The van der Waals surface area contributed by atoms with Gasteiger partial charge in [0.05, 0.1) is 12.0 Å². The minimum absolute atomic E-state index is 0.0909. The summed E-state index contributed by atoms with van der Waals surface area (Å²) >= 11 is 0. The monoisotopic (exact) mass is 362 g/mol. The van der Waals surface area contributed by atoms with E-state index in [1.165, 1.54) is 19.3 Å². The number of nitrogens with one attached hydrogen (secondary N) is 1. The van der Waals surface area contributed by atoms with Crippen LogP contribution in [0.4, 0.5) is 11.4 Å². The number of hydrogen-bond acceptors (Lipinski definition) is 5. The molecule has 1 aromatic rings. The van der Waals surface area contributed by atoms with Gasteiger partial charge in [0.1, 0.15) is 11.4 Å². The van der Waals surface area contributed by atoms with Crippen LogP contribution >= 0.6 is 0 Å². The predicted molar refractivity (Wildman–Crippen MR) is 101 cm³/mol. The summed E-state index contributed by atoms with van der Waals surface area (Å²) in [6.07, 6.45) is 5.24. The van der Waals surface area contributed by atoms with Crippen LogP contribution < -0.4 is 10.1 Å². The van der Waals surface area contributed by atoms with E-state index >= 15 is 0 Å². The topological polar surface area (TPSA) is 102 Å². The lowest BCUT2D eigenvalue weighted by Gasteiger charge is -2.39. The Bertz CT molecular complexity index is 727. The van der Waals surface area contributed by atoms with Gasteiger partial charge >= 0.3 is 5.97 Å². The smallest absolute Gasteiger partial charge is 0.328 e. The fourth-order valence-corrected chi connectivity index (χ4v) is 4.00. The highest BCUT2D eigenvalue weighted by molar-refractivity contribution is 5.86. The molecule has 2 rings (SSSR count). The molecular formula is C19H26N2O5. The molecule has 2 N–H and O–H groups in total. The number of rotatable bonds is 6. The SMILES string of the molecule is COc1cc(N[C@@H]2C[C@H](C)CC(C)(C)C2)c([N+](=O)[O-])cc1/C=C/C(=O)O. The van der Waals surface area contributed by atoms with Crippen molar-refractivity contribution in [1.82, 2.24) is 0 Å². The number of nitro groups is 1. The van der Waals surface area contributed by atoms with Gasteiger partial charge in [-0.15, -0.1) is 0 Å². The first kappa shape index (κ1) is 19.8. The molecule has 7 nitrogen and oxygen atoms in total. The largest absolute Gasteiger partial charge is 0.496 e. The van der Waals surface area contributed by atoms with E-state index < -0.39 is 10.9 Å². The summed E-state index contributed by atoms with van der Waals surface area (Å²) in [7, 11) is 1.45. The molecule has 0 bridgehead atoms. The van der Waals surface area contributed by atoms with Crippen molar-refractivity contribution in [3.05, 3.63) is 33.9 Å². The molecule has 26 heavy (non-hydrogen) atoms. The van der Waals surface area contributed by atoms with Gasteiger partial charge < -0.3 is 15.2 Å². The van der Waals surface area contributed by atoms with E-state index in [9.17, 15) is 14.9 Å². The summed E-state index contributed by atoms with van der Waals surface area (Å²) in [5.74, 6) is -0.205. The van der Waals surface area contributed by atoms with E-state index in [0.717, 1.165) is 25.3 Å². The van der Waals surface area contributed by atoms with Crippen LogP contribution in [0.25, 0.3) is 6.08 Å². The average Bonchev–Trinajstić information content (AvgIpc) is 2.50. The molecular weight excluding hydrogens is 336 g/mol. The summed E-state index contributed by atoms with van der Waals surface area (Å²) in [5, 5.41) is 23.6. The van der Waals surface area contributed by atoms with Gasteiger partial charge in [0.25, 0.3) is 5.69 Å². The molecule has 0 aliphatic heterocycles. The fraction of sp³-hybridized carbons (Fsp3) is 0.526. The lowest BCUT2D eigenvalue weighted by Crippen LogP contribution is -2.35. The van der Waals surface area contributed by atoms with Gasteiger partial charge in [-0.1, -0.05) is 20.8 Å². The average molecular weight is 362 g/mol. The van der Waals surface area contributed by atoms with Crippen molar-refractivity contribution in [2.45, 2.75) is 46.1 Å². The lowest BCUT2D eigenvalue weighted by molar-refractivity contribution is -0.384. The minimum Gasteiger partial charge on any atom is -0.496 e. The second-order valence-corrected chi connectivity index (χ2v) is 7.79. The van der Waals surface area contributed by atoms with Crippen LogP contribution in [0.5, 0.6) is 5.75 Å². The zero-order valence-electron chi connectivity index (χ0n) is 15.6. The molecule has 1 aliphatic rings. The Kier molecular flexibility index (Phi) is 5.90. The van der Waals surface area contributed by atoms with E-state index in [1.54, 1.807) is 6.07 Å². The Morgan fingerprint density at radius 2 is 2.12 bits per heavy atom. The number of benzene rings is 1. The highest BCUT2D eigenvalue weighted by Gasteiger charge is 2.33. The third-order valence-electron chi connectivity index (χ3n) is 4.70. The van der Waals surface area contributed by atoms with E-state index in [0.29, 0.717) is 22.9 Å². The zero-order chi connectivity index (χ0) is 19.5.